The van der Waals surface area contributed by atoms with Gasteiger partial charge in [0.1, 0.15) is 5.75 Å². The van der Waals surface area contributed by atoms with Crippen LogP contribution in [0.4, 0.5) is 5.13 Å². The van der Waals surface area contributed by atoms with Gasteiger partial charge in [0.2, 0.25) is 0 Å². The van der Waals surface area contributed by atoms with Gasteiger partial charge in [0, 0.05) is 30.1 Å². The maximum Gasteiger partial charge on any atom is 0.263 e. The standard InChI is InChI=1S/C22H25N3O4S2/c1-2-29-18-8-10-19(11-9-18)31(26,27)24-22-23-21(17-6-4-3-5-7-17)20(30-22)16-25-12-14-28-15-13-25/h3-11H,2,12-16H2,1H3,(H,23,24). The van der Waals surface area contributed by atoms with E-state index in [-0.39, 0.29) is 4.90 Å². The van der Waals surface area contributed by atoms with Gasteiger partial charge in [0.05, 0.1) is 30.4 Å². The number of aromatic nitrogens is 1. The summed E-state index contributed by atoms with van der Waals surface area (Å²) < 4.78 is 39.3. The summed E-state index contributed by atoms with van der Waals surface area (Å²) in [5.74, 6) is 0.634. The minimum Gasteiger partial charge on any atom is -0.494 e. The van der Waals surface area contributed by atoms with E-state index in [0.717, 1.165) is 29.2 Å². The van der Waals surface area contributed by atoms with Crippen LogP contribution in [0.15, 0.2) is 59.5 Å². The first-order chi connectivity index (χ1) is 15.0. The van der Waals surface area contributed by atoms with E-state index >= 15 is 0 Å². The smallest absolute Gasteiger partial charge is 0.263 e. The van der Waals surface area contributed by atoms with Crippen LogP contribution in [0.25, 0.3) is 11.3 Å². The average molecular weight is 460 g/mol. The van der Waals surface area contributed by atoms with Crippen molar-refractivity contribution in [3.05, 3.63) is 59.5 Å². The summed E-state index contributed by atoms with van der Waals surface area (Å²) in [6, 6.07) is 16.2. The number of hydrogen-bond acceptors (Lipinski definition) is 7. The zero-order valence-corrected chi connectivity index (χ0v) is 18.9. The number of benzene rings is 2. The minimum absolute atomic E-state index is 0.169. The van der Waals surface area contributed by atoms with Crippen molar-refractivity contribution < 1.29 is 17.9 Å². The molecule has 1 aliphatic rings. The lowest BCUT2D eigenvalue weighted by Gasteiger charge is -2.26. The third kappa shape index (κ3) is 5.43. The van der Waals surface area contributed by atoms with E-state index in [1.807, 2.05) is 37.3 Å². The Balaban J connectivity index is 1.60. The number of hydrogen-bond donors (Lipinski definition) is 1. The highest BCUT2D eigenvalue weighted by Gasteiger charge is 2.21. The molecule has 31 heavy (non-hydrogen) atoms. The van der Waals surface area contributed by atoms with Crippen molar-refractivity contribution in [1.82, 2.24) is 9.88 Å². The summed E-state index contributed by atoms with van der Waals surface area (Å²) in [4.78, 5) is 8.14. The van der Waals surface area contributed by atoms with Gasteiger partial charge in [0.25, 0.3) is 10.0 Å². The average Bonchev–Trinajstić information content (AvgIpc) is 3.17. The third-order valence-electron chi connectivity index (χ3n) is 4.88. The molecule has 0 bridgehead atoms. The van der Waals surface area contributed by atoms with Crippen molar-refractivity contribution in [2.45, 2.75) is 18.4 Å². The molecule has 0 saturated carbocycles. The van der Waals surface area contributed by atoms with Crippen molar-refractivity contribution in [1.29, 1.82) is 0 Å². The van der Waals surface area contributed by atoms with Gasteiger partial charge in [-0.15, -0.1) is 0 Å². The maximum atomic E-state index is 12.9. The highest BCUT2D eigenvalue weighted by molar-refractivity contribution is 7.93. The van der Waals surface area contributed by atoms with E-state index in [9.17, 15) is 8.42 Å². The molecule has 0 unspecified atom stereocenters. The summed E-state index contributed by atoms with van der Waals surface area (Å²) in [5, 5.41) is 0.357. The molecular weight excluding hydrogens is 434 g/mol. The lowest BCUT2D eigenvalue weighted by molar-refractivity contribution is 0.0347. The first-order valence-corrected chi connectivity index (χ1v) is 12.5. The van der Waals surface area contributed by atoms with E-state index in [0.29, 0.717) is 37.2 Å². The Morgan fingerprint density at radius 1 is 1.10 bits per heavy atom. The Labute approximate surface area is 186 Å². The second-order valence-electron chi connectivity index (χ2n) is 7.06. The normalized spacial score (nSPS) is 15.0. The quantitative estimate of drug-likeness (QED) is 0.551. The molecule has 0 atom stereocenters. The largest absolute Gasteiger partial charge is 0.494 e. The van der Waals surface area contributed by atoms with Crippen LogP contribution in [0.1, 0.15) is 11.8 Å². The monoisotopic (exact) mass is 459 g/mol. The highest BCUT2D eigenvalue weighted by atomic mass is 32.2. The lowest BCUT2D eigenvalue weighted by atomic mass is 10.1. The van der Waals surface area contributed by atoms with Crippen molar-refractivity contribution in [2.75, 3.05) is 37.6 Å². The molecule has 164 valence electrons. The summed E-state index contributed by atoms with van der Waals surface area (Å²) in [6.07, 6.45) is 0. The van der Waals surface area contributed by atoms with Crippen molar-refractivity contribution in [3.8, 4) is 17.0 Å². The molecule has 3 aromatic rings. The van der Waals surface area contributed by atoms with E-state index in [1.54, 1.807) is 12.1 Å². The summed E-state index contributed by atoms with van der Waals surface area (Å²) in [5.41, 5.74) is 1.77. The zero-order valence-electron chi connectivity index (χ0n) is 17.3. The van der Waals surface area contributed by atoms with Crippen LogP contribution in [0.3, 0.4) is 0 Å². The summed E-state index contributed by atoms with van der Waals surface area (Å²) >= 11 is 1.37. The number of anilines is 1. The van der Waals surface area contributed by atoms with Crippen LogP contribution in [0.2, 0.25) is 0 Å². The Morgan fingerprint density at radius 2 is 1.81 bits per heavy atom. The van der Waals surface area contributed by atoms with Crippen molar-refractivity contribution in [3.63, 3.8) is 0 Å². The predicted octanol–water partition coefficient (Wildman–Crippen LogP) is 3.84. The number of sulfonamides is 1. The van der Waals surface area contributed by atoms with Crippen LogP contribution in [-0.2, 0) is 21.3 Å². The van der Waals surface area contributed by atoms with Crippen molar-refractivity contribution >= 4 is 26.5 Å². The van der Waals surface area contributed by atoms with Gasteiger partial charge in [-0.3, -0.25) is 9.62 Å². The molecule has 1 aliphatic heterocycles. The van der Waals surface area contributed by atoms with E-state index in [2.05, 4.69) is 14.6 Å². The van der Waals surface area contributed by atoms with Gasteiger partial charge >= 0.3 is 0 Å². The van der Waals surface area contributed by atoms with Gasteiger partial charge < -0.3 is 9.47 Å². The molecule has 1 N–H and O–H groups in total. The Kier molecular flexibility index (Phi) is 6.86. The molecule has 2 aromatic carbocycles. The van der Waals surface area contributed by atoms with Gasteiger partial charge in [-0.25, -0.2) is 13.4 Å². The van der Waals surface area contributed by atoms with E-state index in [1.165, 1.54) is 23.5 Å². The maximum absolute atomic E-state index is 12.9. The Morgan fingerprint density at radius 3 is 2.48 bits per heavy atom. The molecule has 1 aromatic heterocycles. The minimum atomic E-state index is -3.75. The number of morpholine rings is 1. The number of ether oxygens (including phenoxy) is 2. The van der Waals surface area contributed by atoms with Crippen molar-refractivity contribution in [2.24, 2.45) is 0 Å². The lowest BCUT2D eigenvalue weighted by Crippen LogP contribution is -2.35. The number of nitrogens with zero attached hydrogens (tertiary/aromatic N) is 2. The fourth-order valence-corrected chi connectivity index (χ4v) is 5.60. The third-order valence-corrected chi connectivity index (χ3v) is 7.32. The summed E-state index contributed by atoms with van der Waals surface area (Å²) in [7, 11) is -3.75. The molecule has 7 nitrogen and oxygen atoms in total. The molecule has 0 radical (unpaired) electrons. The second kappa shape index (κ2) is 9.78. The number of rotatable bonds is 8. The first-order valence-electron chi connectivity index (χ1n) is 10.2. The molecule has 1 saturated heterocycles. The molecular formula is C22H25N3O4S2. The topological polar surface area (TPSA) is 80.8 Å². The second-order valence-corrected chi connectivity index (χ2v) is 9.82. The van der Waals surface area contributed by atoms with Crippen LogP contribution >= 0.6 is 11.3 Å². The van der Waals surface area contributed by atoms with Crippen LogP contribution in [0, 0.1) is 0 Å². The SMILES string of the molecule is CCOc1ccc(S(=O)(=O)Nc2nc(-c3ccccc3)c(CN3CCOCC3)s2)cc1. The molecule has 1 fully saturated rings. The van der Waals surface area contributed by atoms with Crippen LogP contribution < -0.4 is 9.46 Å². The van der Waals surface area contributed by atoms with Gasteiger partial charge in [-0.1, -0.05) is 41.7 Å². The van der Waals surface area contributed by atoms with Gasteiger partial charge in [-0.05, 0) is 31.2 Å². The Hall–Kier alpha value is -2.46. The number of nitrogens with one attached hydrogen (secondary N) is 1. The van der Waals surface area contributed by atoms with Crippen LogP contribution in [-0.4, -0.2) is 51.2 Å². The first kappa shape index (κ1) is 21.8. The molecule has 0 amide bonds. The molecule has 2 heterocycles. The Bertz CT molecular complexity index is 1090. The van der Waals surface area contributed by atoms with E-state index in [4.69, 9.17) is 9.47 Å². The van der Waals surface area contributed by atoms with Crippen LogP contribution in [0.5, 0.6) is 5.75 Å². The molecule has 4 rings (SSSR count). The fourth-order valence-electron chi connectivity index (χ4n) is 3.34. The molecule has 9 heteroatoms. The molecule has 0 aliphatic carbocycles. The predicted molar refractivity (Wildman–Crippen MR) is 122 cm³/mol. The summed E-state index contributed by atoms with van der Waals surface area (Å²) in [6.45, 7) is 6.22. The fraction of sp³-hybridized carbons (Fsp3) is 0.318. The molecule has 0 spiro atoms. The highest BCUT2D eigenvalue weighted by Crippen LogP contribution is 2.33. The van der Waals surface area contributed by atoms with Gasteiger partial charge in [-0.2, -0.15) is 0 Å². The zero-order chi connectivity index (χ0) is 21.7. The van der Waals surface area contributed by atoms with E-state index < -0.39 is 10.0 Å². The van der Waals surface area contributed by atoms with Gasteiger partial charge in [0.15, 0.2) is 5.13 Å². The number of thiazole rings is 1.